The van der Waals surface area contributed by atoms with E-state index in [1.165, 1.54) is 11.1 Å². The second-order valence-corrected chi connectivity index (χ2v) is 7.31. The number of anilines is 1. The van der Waals surface area contributed by atoms with Crippen molar-refractivity contribution in [3.63, 3.8) is 0 Å². The zero-order valence-corrected chi connectivity index (χ0v) is 17.8. The molecule has 2 aromatic heterocycles. The largest absolute Gasteiger partial charge is 0.494 e. The van der Waals surface area contributed by atoms with Gasteiger partial charge in [0.25, 0.3) is 5.91 Å². The summed E-state index contributed by atoms with van der Waals surface area (Å²) in [6.07, 6.45) is 4.94. The van der Waals surface area contributed by atoms with Crippen LogP contribution >= 0.6 is 0 Å². The number of benzene rings is 1. The second kappa shape index (κ2) is 10.0. The van der Waals surface area contributed by atoms with Gasteiger partial charge in [-0.25, -0.2) is 10.1 Å². The minimum Gasteiger partial charge on any atom is -0.494 e. The number of nitrogen functional groups attached to an aromatic ring is 1. The van der Waals surface area contributed by atoms with Crippen molar-refractivity contribution in [1.82, 2.24) is 35.6 Å². The Bertz CT molecular complexity index is 1070. The third-order valence-electron chi connectivity index (χ3n) is 5.07. The molecule has 0 saturated carbocycles. The maximum atomic E-state index is 12.8. The number of hydrazone groups is 1. The second-order valence-electron chi connectivity index (χ2n) is 7.31. The number of rotatable bonds is 8. The first-order chi connectivity index (χ1) is 15.7. The number of likely N-dealkylation sites (tertiary alicyclic amines) is 1. The number of nitrogens with two attached hydrogens (primary N) is 1. The Balaban J connectivity index is 1.51. The lowest BCUT2D eigenvalue weighted by atomic mass is 10.1. The number of aromatic nitrogens is 5. The molecular formula is C20H25N9O3. The van der Waals surface area contributed by atoms with Crippen LogP contribution in [-0.2, 0) is 6.54 Å². The number of carbonyl (C=O) groups excluding carboxylic acids is 1. The number of carbonyl (C=O) groups is 1. The Hall–Kier alpha value is -3.80. The summed E-state index contributed by atoms with van der Waals surface area (Å²) in [5.41, 5.74) is 9.84. The van der Waals surface area contributed by atoms with Crippen LogP contribution in [0.4, 0.5) is 5.82 Å². The molecule has 0 radical (unpaired) electrons. The molecule has 4 rings (SSSR count). The van der Waals surface area contributed by atoms with E-state index < -0.39 is 5.91 Å². The quantitative estimate of drug-likeness (QED) is 0.392. The van der Waals surface area contributed by atoms with Crippen LogP contribution in [0.15, 0.2) is 34.0 Å². The first-order valence-electron chi connectivity index (χ1n) is 10.5. The smallest absolute Gasteiger partial charge is 0.293 e. The van der Waals surface area contributed by atoms with Crippen molar-refractivity contribution < 1.29 is 14.2 Å². The summed E-state index contributed by atoms with van der Waals surface area (Å²) in [4.78, 5) is 15.1. The minimum atomic E-state index is -0.486. The number of hydrogen-bond acceptors (Lipinski definition) is 10. The summed E-state index contributed by atoms with van der Waals surface area (Å²) in [6, 6.07) is 7.37. The summed E-state index contributed by atoms with van der Waals surface area (Å²) >= 11 is 0. The molecule has 32 heavy (non-hydrogen) atoms. The van der Waals surface area contributed by atoms with Gasteiger partial charge in [0.2, 0.25) is 11.6 Å². The van der Waals surface area contributed by atoms with Gasteiger partial charge in [-0.2, -0.15) is 9.78 Å². The number of hydrogen-bond donors (Lipinski definition) is 2. The third-order valence-corrected chi connectivity index (χ3v) is 5.07. The number of ether oxygens (including phenoxy) is 1. The molecule has 0 bridgehead atoms. The third kappa shape index (κ3) is 4.91. The standard InChI is InChI=1S/C20H25N9O3/c1-2-31-15-8-6-14(7-9-15)12-22-24-20(30)17-16(13-28-10-4-3-5-11-28)29(27-23-17)19-18(21)25-32-26-19/h6-9,12H,2-5,10-11,13H2,1H3,(H2,21,25)(H,24,30)/b22-12+. The normalized spacial score (nSPS) is 14.7. The van der Waals surface area contributed by atoms with Crippen molar-refractivity contribution in [3.05, 3.63) is 41.2 Å². The molecule has 12 heteroatoms. The zero-order chi connectivity index (χ0) is 22.3. The van der Waals surface area contributed by atoms with Crippen LogP contribution in [-0.4, -0.2) is 62.0 Å². The molecule has 0 spiro atoms. The average Bonchev–Trinajstić information content (AvgIpc) is 3.41. The van der Waals surface area contributed by atoms with E-state index in [4.69, 9.17) is 15.1 Å². The van der Waals surface area contributed by atoms with Gasteiger partial charge in [-0.05, 0) is 73.0 Å². The molecule has 1 fully saturated rings. The van der Waals surface area contributed by atoms with Crippen LogP contribution in [0.5, 0.6) is 5.75 Å². The van der Waals surface area contributed by atoms with Crippen molar-refractivity contribution in [2.24, 2.45) is 5.10 Å². The fraction of sp³-hybridized carbons (Fsp3) is 0.400. The maximum Gasteiger partial charge on any atom is 0.293 e. The van der Waals surface area contributed by atoms with Crippen LogP contribution < -0.4 is 15.9 Å². The number of nitrogens with one attached hydrogen (secondary N) is 1. The predicted molar refractivity (Wildman–Crippen MR) is 115 cm³/mol. The molecule has 0 unspecified atom stereocenters. The van der Waals surface area contributed by atoms with Crippen molar-refractivity contribution in [3.8, 4) is 11.6 Å². The Kier molecular flexibility index (Phi) is 6.70. The molecule has 1 aromatic carbocycles. The molecule has 1 aliphatic heterocycles. The lowest BCUT2D eigenvalue weighted by Crippen LogP contribution is -2.31. The highest BCUT2D eigenvalue weighted by Crippen LogP contribution is 2.19. The lowest BCUT2D eigenvalue weighted by molar-refractivity contribution is 0.0947. The SMILES string of the molecule is CCOc1ccc(/C=N/NC(=O)c2nnn(-c3nonc3N)c2CN2CCCCC2)cc1. The average molecular weight is 439 g/mol. The van der Waals surface area contributed by atoms with Gasteiger partial charge >= 0.3 is 0 Å². The molecule has 1 saturated heterocycles. The Morgan fingerprint density at radius 3 is 2.72 bits per heavy atom. The summed E-state index contributed by atoms with van der Waals surface area (Å²) in [6.45, 7) is 4.84. The van der Waals surface area contributed by atoms with E-state index in [1.54, 1.807) is 6.21 Å². The first kappa shape index (κ1) is 21.4. The Morgan fingerprint density at radius 1 is 1.25 bits per heavy atom. The van der Waals surface area contributed by atoms with Crippen molar-refractivity contribution in [2.75, 3.05) is 25.4 Å². The summed E-state index contributed by atoms with van der Waals surface area (Å²) in [5.74, 6) is 0.548. The first-order valence-corrected chi connectivity index (χ1v) is 10.5. The summed E-state index contributed by atoms with van der Waals surface area (Å²) in [7, 11) is 0. The van der Waals surface area contributed by atoms with Gasteiger partial charge in [-0.1, -0.05) is 11.6 Å². The summed E-state index contributed by atoms with van der Waals surface area (Å²) < 4.78 is 11.5. The van der Waals surface area contributed by atoms with Crippen LogP contribution in [0, 0.1) is 0 Å². The van der Waals surface area contributed by atoms with Crippen LogP contribution in [0.3, 0.4) is 0 Å². The monoisotopic (exact) mass is 439 g/mol. The van der Waals surface area contributed by atoms with E-state index in [-0.39, 0.29) is 17.3 Å². The van der Waals surface area contributed by atoms with Crippen LogP contribution in [0.1, 0.15) is 47.9 Å². The van der Waals surface area contributed by atoms with Crippen LogP contribution in [0.25, 0.3) is 5.82 Å². The predicted octanol–water partition coefficient (Wildman–Crippen LogP) is 1.38. The van der Waals surface area contributed by atoms with Gasteiger partial charge in [0, 0.05) is 6.54 Å². The molecule has 1 aliphatic rings. The molecule has 3 aromatic rings. The van der Waals surface area contributed by atoms with Crippen molar-refractivity contribution >= 4 is 17.9 Å². The molecule has 12 nitrogen and oxygen atoms in total. The fourth-order valence-corrected chi connectivity index (χ4v) is 3.49. The molecule has 3 heterocycles. The number of nitrogens with zero attached hydrogens (tertiary/aromatic N) is 7. The van der Waals surface area contributed by atoms with Crippen LogP contribution in [0.2, 0.25) is 0 Å². The van der Waals surface area contributed by atoms with E-state index in [0.717, 1.165) is 37.2 Å². The maximum absolute atomic E-state index is 12.8. The molecular weight excluding hydrogens is 414 g/mol. The van der Waals surface area contributed by atoms with Gasteiger partial charge in [-0.15, -0.1) is 5.10 Å². The van der Waals surface area contributed by atoms with E-state index in [0.29, 0.717) is 18.8 Å². The van der Waals surface area contributed by atoms with Gasteiger partial charge in [0.05, 0.1) is 18.5 Å². The van der Waals surface area contributed by atoms with Crippen molar-refractivity contribution in [1.29, 1.82) is 0 Å². The summed E-state index contributed by atoms with van der Waals surface area (Å²) in [5, 5.41) is 19.6. The van der Waals surface area contributed by atoms with E-state index in [9.17, 15) is 4.79 Å². The molecule has 0 aliphatic carbocycles. The molecule has 1 amide bonds. The topological polar surface area (TPSA) is 150 Å². The Morgan fingerprint density at radius 2 is 2.03 bits per heavy atom. The van der Waals surface area contributed by atoms with Gasteiger partial charge < -0.3 is 10.5 Å². The number of amides is 1. The fourth-order valence-electron chi connectivity index (χ4n) is 3.49. The van der Waals surface area contributed by atoms with E-state index in [1.807, 2.05) is 31.2 Å². The van der Waals surface area contributed by atoms with Gasteiger partial charge in [-0.3, -0.25) is 9.69 Å². The highest BCUT2D eigenvalue weighted by molar-refractivity contribution is 5.94. The minimum absolute atomic E-state index is 0.0651. The van der Waals surface area contributed by atoms with Crippen molar-refractivity contribution in [2.45, 2.75) is 32.7 Å². The van der Waals surface area contributed by atoms with Gasteiger partial charge in [0.15, 0.2) is 5.69 Å². The highest BCUT2D eigenvalue weighted by atomic mass is 16.6. The van der Waals surface area contributed by atoms with Gasteiger partial charge in [0.1, 0.15) is 5.75 Å². The highest BCUT2D eigenvalue weighted by Gasteiger charge is 2.26. The lowest BCUT2D eigenvalue weighted by Gasteiger charge is -2.26. The number of piperidine rings is 1. The molecule has 168 valence electrons. The molecule has 0 atom stereocenters. The van der Waals surface area contributed by atoms with E-state index in [2.05, 4.69) is 36.1 Å². The van der Waals surface area contributed by atoms with E-state index >= 15 is 0 Å². The Labute approximate surface area is 184 Å². The molecule has 3 N–H and O–H groups in total. The zero-order valence-electron chi connectivity index (χ0n) is 17.8.